The molecule has 0 radical (unpaired) electrons. The minimum absolute atomic E-state index is 0.312. The summed E-state index contributed by atoms with van der Waals surface area (Å²) in [6.45, 7) is 5.99. The van der Waals surface area contributed by atoms with Crippen molar-refractivity contribution < 1.29 is 23.7 Å². The molecule has 6 N–H and O–H groups in total. The molecule has 0 aromatic rings. The molecule has 0 saturated carbocycles. The molecule has 0 spiro atoms. The second-order valence-electron chi connectivity index (χ2n) is 5.26. The molecule has 0 aromatic carbocycles. The van der Waals surface area contributed by atoms with Crippen LogP contribution in [0.1, 0.15) is 0 Å². The molecule has 0 aliphatic rings. The van der Waals surface area contributed by atoms with Gasteiger partial charge in [-0.25, -0.2) is 0 Å². The number of rotatable bonds is 18. The third-order valence-corrected chi connectivity index (χ3v) is 3.38. The van der Waals surface area contributed by atoms with E-state index in [-0.39, 0.29) is 5.41 Å². The first-order valence-corrected chi connectivity index (χ1v) is 8.17. The van der Waals surface area contributed by atoms with Crippen LogP contribution in [0.25, 0.3) is 0 Å². The Labute approximate surface area is 145 Å². The highest BCUT2D eigenvalue weighted by molar-refractivity contribution is 4.83. The molecular formula is C16H33N3O5. The second-order valence-corrected chi connectivity index (χ2v) is 5.26. The van der Waals surface area contributed by atoms with Crippen LogP contribution in [0.15, 0.2) is 0 Å². The lowest BCUT2D eigenvalue weighted by molar-refractivity contribution is -0.0179. The van der Waals surface area contributed by atoms with Gasteiger partial charge in [-0.05, 0) is 0 Å². The lowest BCUT2D eigenvalue weighted by Crippen LogP contribution is -2.47. The van der Waals surface area contributed by atoms with Crippen molar-refractivity contribution >= 4 is 0 Å². The van der Waals surface area contributed by atoms with Crippen molar-refractivity contribution in [3.8, 4) is 12.3 Å². The van der Waals surface area contributed by atoms with Gasteiger partial charge in [0.25, 0.3) is 0 Å². The van der Waals surface area contributed by atoms with Crippen LogP contribution < -0.4 is 17.2 Å². The first kappa shape index (κ1) is 23.2. The molecule has 0 atom stereocenters. The lowest BCUT2D eigenvalue weighted by atomic mass is 9.89. The molecule has 24 heavy (non-hydrogen) atoms. The highest BCUT2D eigenvalue weighted by Gasteiger charge is 2.25. The van der Waals surface area contributed by atoms with Gasteiger partial charge in [-0.2, -0.15) is 0 Å². The molecule has 0 aromatic heterocycles. The maximum absolute atomic E-state index is 5.68. The van der Waals surface area contributed by atoms with E-state index in [9.17, 15) is 0 Å². The van der Waals surface area contributed by atoms with Crippen LogP contribution in [-0.2, 0) is 23.7 Å². The Hall–Kier alpha value is -0.760. The number of terminal acetylenes is 1. The van der Waals surface area contributed by atoms with E-state index < -0.39 is 0 Å². The summed E-state index contributed by atoms with van der Waals surface area (Å²) in [6.07, 6.45) is 5.04. The fraction of sp³-hybridized carbons (Fsp3) is 0.875. The smallest absolute Gasteiger partial charge is 0.107 e. The highest BCUT2D eigenvalue weighted by atomic mass is 16.6. The molecule has 0 aliphatic heterocycles. The summed E-state index contributed by atoms with van der Waals surface area (Å²) in [5.41, 5.74) is 16.7. The van der Waals surface area contributed by atoms with Crippen molar-refractivity contribution in [3.05, 3.63) is 0 Å². The minimum atomic E-state index is -0.338. The van der Waals surface area contributed by atoms with E-state index in [1.807, 2.05) is 0 Å². The van der Waals surface area contributed by atoms with E-state index in [4.69, 9.17) is 47.3 Å². The van der Waals surface area contributed by atoms with Crippen LogP contribution in [0.4, 0.5) is 0 Å². The normalized spacial score (nSPS) is 11.6. The number of hydrogen-bond donors (Lipinski definition) is 3. The summed E-state index contributed by atoms with van der Waals surface area (Å²) in [5.74, 6) is 2.39. The molecule has 0 amide bonds. The van der Waals surface area contributed by atoms with Gasteiger partial charge in [0.1, 0.15) is 6.61 Å². The molecule has 0 heterocycles. The second kappa shape index (κ2) is 17.1. The van der Waals surface area contributed by atoms with Crippen LogP contribution in [0.3, 0.4) is 0 Å². The molecule has 0 unspecified atom stereocenters. The molecule has 142 valence electrons. The van der Waals surface area contributed by atoms with Crippen LogP contribution in [0, 0.1) is 17.8 Å². The average molecular weight is 347 g/mol. The monoisotopic (exact) mass is 347 g/mol. The Morgan fingerprint density at radius 2 is 1.00 bits per heavy atom. The third-order valence-electron chi connectivity index (χ3n) is 3.38. The van der Waals surface area contributed by atoms with Gasteiger partial charge >= 0.3 is 0 Å². The minimum Gasteiger partial charge on any atom is -0.378 e. The van der Waals surface area contributed by atoms with Gasteiger partial charge in [0, 0.05) is 25.0 Å². The number of hydrogen-bond acceptors (Lipinski definition) is 8. The van der Waals surface area contributed by atoms with Gasteiger partial charge in [-0.3, -0.25) is 0 Å². The Bertz CT molecular complexity index is 300. The van der Waals surface area contributed by atoms with Crippen molar-refractivity contribution in [2.24, 2.45) is 22.6 Å². The van der Waals surface area contributed by atoms with Gasteiger partial charge in [0.2, 0.25) is 0 Å². The summed E-state index contributed by atoms with van der Waals surface area (Å²) in [5, 5.41) is 0. The SMILES string of the molecule is C#CCOCCOCCOCCOCCOCC(CN)(CN)CN. The predicted molar refractivity (Wildman–Crippen MR) is 92.5 cm³/mol. The van der Waals surface area contributed by atoms with Crippen molar-refractivity contribution in [2.75, 3.05) is 85.7 Å². The first-order chi connectivity index (χ1) is 11.7. The van der Waals surface area contributed by atoms with Crippen molar-refractivity contribution in [1.82, 2.24) is 0 Å². The van der Waals surface area contributed by atoms with Gasteiger partial charge in [0.15, 0.2) is 0 Å². The molecule has 0 aliphatic carbocycles. The summed E-state index contributed by atoms with van der Waals surface area (Å²) < 4.78 is 26.6. The van der Waals surface area contributed by atoms with Gasteiger partial charge in [0.05, 0.1) is 59.5 Å². The van der Waals surface area contributed by atoms with E-state index in [0.717, 1.165) is 0 Å². The lowest BCUT2D eigenvalue weighted by Gasteiger charge is -2.28. The summed E-state index contributed by atoms with van der Waals surface area (Å²) in [4.78, 5) is 0. The molecular weight excluding hydrogens is 314 g/mol. The van der Waals surface area contributed by atoms with Crippen LogP contribution >= 0.6 is 0 Å². The van der Waals surface area contributed by atoms with E-state index in [1.54, 1.807) is 0 Å². The van der Waals surface area contributed by atoms with Crippen molar-refractivity contribution in [1.29, 1.82) is 0 Å². The molecule has 0 bridgehead atoms. The third kappa shape index (κ3) is 12.6. The number of ether oxygens (including phenoxy) is 5. The predicted octanol–water partition coefficient (Wildman–Crippen LogP) is -1.43. The fourth-order valence-electron chi connectivity index (χ4n) is 1.62. The first-order valence-electron chi connectivity index (χ1n) is 8.17. The zero-order chi connectivity index (χ0) is 17.9. The topological polar surface area (TPSA) is 124 Å². The zero-order valence-corrected chi connectivity index (χ0v) is 14.5. The number of nitrogens with two attached hydrogens (primary N) is 3. The summed E-state index contributed by atoms with van der Waals surface area (Å²) in [6, 6.07) is 0. The van der Waals surface area contributed by atoms with Crippen molar-refractivity contribution in [3.63, 3.8) is 0 Å². The Kier molecular flexibility index (Phi) is 16.5. The van der Waals surface area contributed by atoms with E-state index in [0.29, 0.717) is 85.7 Å². The van der Waals surface area contributed by atoms with Crippen LogP contribution in [-0.4, -0.2) is 85.7 Å². The van der Waals surface area contributed by atoms with Crippen LogP contribution in [0.5, 0.6) is 0 Å². The maximum atomic E-state index is 5.68. The van der Waals surface area contributed by atoms with E-state index in [2.05, 4.69) is 5.92 Å². The van der Waals surface area contributed by atoms with E-state index in [1.165, 1.54) is 0 Å². The van der Waals surface area contributed by atoms with Crippen molar-refractivity contribution in [2.45, 2.75) is 0 Å². The Balaban J connectivity index is 3.24. The van der Waals surface area contributed by atoms with Gasteiger partial charge < -0.3 is 40.9 Å². The fourth-order valence-corrected chi connectivity index (χ4v) is 1.62. The zero-order valence-electron chi connectivity index (χ0n) is 14.5. The molecule has 0 fully saturated rings. The molecule has 0 saturated heterocycles. The quantitative estimate of drug-likeness (QED) is 0.203. The maximum Gasteiger partial charge on any atom is 0.107 e. The van der Waals surface area contributed by atoms with Gasteiger partial charge in [-0.15, -0.1) is 6.42 Å². The molecule has 8 heteroatoms. The van der Waals surface area contributed by atoms with Gasteiger partial charge in [-0.1, -0.05) is 5.92 Å². The average Bonchev–Trinajstić information content (AvgIpc) is 2.62. The summed E-state index contributed by atoms with van der Waals surface area (Å²) in [7, 11) is 0. The highest BCUT2D eigenvalue weighted by Crippen LogP contribution is 2.11. The van der Waals surface area contributed by atoms with E-state index >= 15 is 0 Å². The van der Waals surface area contributed by atoms with Crippen LogP contribution in [0.2, 0.25) is 0 Å². The molecule has 8 nitrogen and oxygen atoms in total. The standard InChI is InChI=1S/C16H33N3O5/c1-2-3-20-4-5-21-6-7-22-8-9-23-10-11-24-15-16(12-17,13-18)14-19/h1H,3-15,17-19H2. The Morgan fingerprint density at radius 3 is 1.38 bits per heavy atom. The Morgan fingerprint density at radius 1 is 0.625 bits per heavy atom. The molecule has 0 rings (SSSR count). The largest absolute Gasteiger partial charge is 0.378 e. The summed E-state index contributed by atoms with van der Waals surface area (Å²) >= 11 is 0.